The van der Waals surface area contributed by atoms with E-state index in [2.05, 4.69) is 11.2 Å². The van der Waals surface area contributed by atoms with Crippen LogP contribution >= 0.6 is 0 Å². The van der Waals surface area contributed by atoms with Crippen molar-refractivity contribution in [3.8, 4) is 29.9 Å². The molecule has 0 aliphatic rings. The monoisotopic (exact) mass is 306 g/mol. The number of nitrogens with zero attached hydrogens (tertiary/aromatic N) is 1. The highest BCUT2D eigenvalue weighted by Crippen LogP contribution is 2.27. The maximum Gasteiger partial charge on any atom is 0.262 e. The van der Waals surface area contributed by atoms with Crippen molar-refractivity contribution in [2.45, 2.75) is 0 Å². The summed E-state index contributed by atoms with van der Waals surface area (Å²) in [5.74, 6) is 2.95. The van der Waals surface area contributed by atoms with Gasteiger partial charge in [-0.2, -0.15) is 5.26 Å². The highest BCUT2D eigenvalue weighted by molar-refractivity contribution is 5.92. The molecule has 0 aromatic heterocycles. The van der Waals surface area contributed by atoms with E-state index in [9.17, 15) is 4.79 Å². The molecule has 0 saturated heterocycles. The second-order valence-electron chi connectivity index (χ2n) is 4.54. The van der Waals surface area contributed by atoms with Crippen LogP contribution in [0.5, 0.6) is 11.5 Å². The summed E-state index contributed by atoms with van der Waals surface area (Å²) < 4.78 is 10.6. The molecular formula is C18H14N2O3. The number of carbonyl (C=O) groups is 1. The highest BCUT2D eigenvalue weighted by Gasteiger charge is 2.09. The maximum atomic E-state index is 11.9. The predicted octanol–water partition coefficient (Wildman–Crippen LogP) is 2.57. The molecule has 0 bridgehead atoms. The molecule has 23 heavy (non-hydrogen) atoms. The number of hydrogen-bond donors (Lipinski definition) is 1. The van der Waals surface area contributed by atoms with Gasteiger partial charge >= 0.3 is 0 Å². The van der Waals surface area contributed by atoms with Gasteiger partial charge in [-0.3, -0.25) is 4.79 Å². The van der Waals surface area contributed by atoms with Crippen molar-refractivity contribution in [1.82, 2.24) is 0 Å². The third kappa shape index (κ3) is 4.26. The lowest BCUT2D eigenvalue weighted by Gasteiger charge is -2.11. The number of nitriles is 1. The number of rotatable bonds is 5. The van der Waals surface area contributed by atoms with Gasteiger partial charge < -0.3 is 14.8 Å². The first-order valence-electron chi connectivity index (χ1n) is 6.73. The summed E-state index contributed by atoms with van der Waals surface area (Å²) in [5.41, 5.74) is 1.73. The first-order valence-corrected chi connectivity index (χ1v) is 6.73. The molecule has 114 valence electrons. The predicted molar refractivity (Wildman–Crippen MR) is 86.2 cm³/mol. The summed E-state index contributed by atoms with van der Waals surface area (Å²) in [6.45, 7) is -0.192. The third-order valence-electron chi connectivity index (χ3n) is 2.96. The average molecular weight is 306 g/mol. The number of hydrogen-bond acceptors (Lipinski definition) is 4. The Morgan fingerprint density at radius 2 is 2.04 bits per heavy atom. The molecule has 1 N–H and O–H groups in total. The van der Waals surface area contributed by atoms with Crippen molar-refractivity contribution in [3.05, 3.63) is 53.6 Å². The van der Waals surface area contributed by atoms with Crippen LogP contribution in [-0.2, 0) is 4.79 Å². The molecule has 0 aliphatic heterocycles. The number of amides is 1. The molecule has 5 heteroatoms. The van der Waals surface area contributed by atoms with Gasteiger partial charge in [-0.25, -0.2) is 0 Å². The maximum absolute atomic E-state index is 11.9. The molecule has 0 fully saturated rings. The van der Waals surface area contributed by atoms with Crippen molar-refractivity contribution in [1.29, 1.82) is 5.26 Å². The fraction of sp³-hybridized carbons (Fsp3) is 0.111. The Labute approximate surface area is 134 Å². The molecule has 2 rings (SSSR count). The van der Waals surface area contributed by atoms with E-state index in [4.69, 9.17) is 21.2 Å². The molecule has 0 aliphatic carbocycles. The molecule has 0 atom stereocenters. The Hall–Kier alpha value is -3.44. The number of terminal acetylenes is 1. The number of nitrogens with one attached hydrogen (secondary N) is 1. The number of ether oxygens (including phenoxy) is 2. The van der Waals surface area contributed by atoms with Gasteiger partial charge in [0.15, 0.2) is 18.1 Å². The normalized spacial score (nSPS) is 9.35. The second-order valence-corrected chi connectivity index (χ2v) is 4.54. The lowest BCUT2D eigenvalue weighted by atomic mass is 10.2. The number of benzene rings is 2. The molecule has 5 nitrogen and oxygen atoms in total. The molecule has 2 aromatic rings. The van der Waals surface area contributed by atoms with E-state index in [0.717, 1.165) is 0 Å². The minimum Gasteiger partial charge on any atom is -0.493 e. The van der Waals surface area contributed by atoms with Crippen LogP contribution in [0.25, 0.3) is 0 Å². The van der Waals surface area contributed by atoms with E-state index >= 15 is 0 Å². The van der Waals surface area contributed by atoms with Crippen molar-refractivity contribution in [3.63, 3.8) is 0 Å². The molecule has 0 radical (unpaired) electrons. The van der Waals surface area contributed by atoms with Crippen molar-refractivity contribution < 1.29 is 14.3 Å². The van der Waals surface area contributed by atoms with E-state index in [1.165, 1.54) is 7.11 Å². The first kappa shape index (κ1) is 15.9. The van der Waals surface area contributed by atoms with Gasteiger partial charge in [-0.1, -0.05) is 12.0 Å². The van der Waals surface area contributed by atoms with Gasteiger partial charge in [0.1, 0.15) is 0 Å². The zero-order valence-electron chi connectivity index (χ0n) is 12.5. The Morgan fingerprint density at radius 3 is 2.74 bits per heavy atom. The van der Waals surface area contributed by atoms with Gasteiger partial charge in [0.25, 0.3) is 5.91 Å². The van der Waals surface area contributed by atoms with E-state index in [1.54, 1.807) is 42.5 Å². The standard InChI is InChI=1S/C18H14N2O3/c1-3-13-5-4-6-15(9-13)20-18(21)12-23-16-8-7-14(11-19)10-17(16)22-2/h1,4-10H,12H2,2H3,(H,20,21). The number of anilines is 1. The summed E-state index contributed by atoms with van der Waals surface area (Å²) in [6.07, 6.45) is 5.32. The quantitative estimate of drug-likeness (QED) is 0.862. The molecule has 0 spiro atoms. The van der Waals surface area contributed by atoms with Crippen LogP contribution in [-0.4, -0.2) is 19.6 Å². The summed E-state index contributed by atoms with van der Waals surface area (Å²) >= 11 is 0. The third-order valence-corrected chi connectivity index (χ3v) is 2.96. The summed E-state index contributed by atoms with van der Waals surface area (Å²) in [4.78, 5) is 11.9. The summed E-state index contributed by atoms with van der Waals surface area (Å²) in [7, 11) is 1.47. The van der Waals surface area contributed by atoms with Gasteiger partial charge in [-0.15, -0.1) is 6.42 Å². The molecular weight excluding hydrogens is 292 g/mol. The SMILES string of the molecule is C#Cc1cccc(NC(=O)COc2ccc(C#N)cc2OC)c1. The van der Waals surface area contributed by atoms with Crippen molar-refractivity contribution in [2.24, 2.45) is 0 Å². The first-order chi connectivity index (χ1) is 11.2. The molecule has 2 aromatic carbocycles. The zero-order valence-corrected chi connectivity index (χ0v) is 12.5. The number of carbonyl (C=O) groups excluding carboxylic acids is 1. The van der Waals surface area contributed by atoms with Crippen LogP contribution in [0, 0.1) is 23.7 Å². The lowest BCUT2D eigenvalue weighted by Crippen LogP contribution is -2.20. The minimum absolute atomic E-state index is 0.192. The Kier molecular flexibility index (Phi) is 5.22. The lowest BCUT2D eigenvalue weighted by molar-refractivity contribution is -0.118. The van der Waals surface area contributed by atoms with Crippen molar-refractivity contribution in [2.75, 3.05) is 19.0 Å². The Morgan fingerprint density at radius 1 is 1.22 bits per heavy atom. The van der Waals surface area contributed by atoms with Gasteiger partial charge in [0.2, 0.25) is 0 Å². The molecule has 0 heterocycles. The topological polar surface area (TPSA) is 71.3 Å². The van der Waals surface area contributed by atoms with Crippen LogP contribution in [0.15, 0.2) is 42.5 Å². The van der Waals surface area contributed by atoms with Gasteiger partial charge in [0, 0.05) is 17.3 Å². The van der Waals surface area contributed by atoms with Crippen LogP contribution < -0.4 is 14.8 Å². The molecule has 0 unspecified atom stereocenters. The second kappa shape index (κ2) is 7.53. The van der Waals surface area contributed by atoms with E-state index < -0.39 is 0 Å². The molecule has 1 amide bonds. The Balaban J connectivity index is 1.99. The summed E-state index contributed by atoms with van der Waals surface area (Å²) in [5, 5.41) is 11.5. The largest absolute Gasteiger partial charge is 0.493 e. The average Bonchev–Trinajstić information content (AvgIpc) is 2.59. The van der Waals surface area contributed by atoms with E-state index in [0.29, 0.717) is 28.3 Å². The summed E-state index contributed by atoms with van der Waals surface area (Å²) in [6, 6.07) is 13.7. The van der Waals surface area contributed by atoms with Gasteiger partial charge in [-0.05, 0) is 30.3 Å². The van der Waals surface area contributed by atoms with Gasteiger partial charge in [0.05, 0.1) is 18.7 Å². The Bertz CT molecular complexity index is 801. The van der Waals surface area contributed by atoms with E-state index in [1.807, 2.05) is 6.07 Å². The van der Waals surface area contributed by atoms with Crippen LogP contribution in [0.2, 0.25) is 0 Å². The fourth-order valence-corrected chi connectivity index (χ4v) is 1.88. The van der Waals surface area contributed by atoms with Crippen molar-refractivity contribution >= 4 is 11.6 Å². The van der Waals surface area contributed by atoms with Crippen LogP contribution in [0.3, 0.4) is 0 Å². The minimum atomic E-state index is -0.328. The molecule has 0 saturated carbocycles. The fourth-order valence-electron chi connectivity index (χ4n) is 1.88. The van der Waals surface area contributed by atoms with Crippen LogP contribution in [0.4, 0.5) is 5.69 Å². The smallest absolute Gasteiger partial charge is 0.262 e. The zero-order chi connectivity index (χ0) is 16.7. The number of methoxy groups -OCH3 is 1. The van der Waals surface area contributed by atoms with E-state index in [-0.39, 0.29) is 12.5 Å². The van der Waals surface area contributed by atoms with Crippen LogP contribution in [0.1, 0.15) is 11.1 Å². The highest BCUT2D eigenvalue weighted by atomic mass is 16.5.